The molecule has 142 valence electrons. The van der Waals surface area contributed by atoms with E-state index < -0.39 is 0 Å². The maximum absolute atomic E-state index is 12.3. The number of rotatable bonds is 5. The SMILES string of the molecule is O=C(CCN1CCN(c2ncccn2)CC1)Nc1ccc2c(c1)OCCO2. The molecule has 8 nitrogen and oxygen atoms in total. The molecule has 1 fully saturated rings. The highest BCUT2D eigenvalue weighted by atomic mass is 16.6. The number of carbonyl (C=O) groups is 1. The largest absolute Gasteiger partial charge is 0.486 e. The number of hydrogen-bond acceptors (Lipinski definition) is 7. The molecular formula is C19H23N5O3. The van der Waals surface area contributed by atoms with Gasteiger partial charge in [0.05, 0.1) is 0 Å². The fourth-order valence-corrected chi connectivity index (χ4v) is 3.23. The van der Waals surface area contributed by atoms with Crippen molar-refractivity contribution in [2.24, 2.45) is 0 Å². The van der Waals surface area contributed by atoms with Crippen molar-refractivity contribution in [1.82, 2.24) is 14.9 Å². The Labute approximate surface area is 158 Å². The summed E-state index contributed by atoms with van der Waals surface area (Å²) < 4.78 is 11.0. The molecule has 1 saturated heterocycles. The molecule has 0 unspecified atom stereocenters. The number of amides is 1. The quantitative estimate of drug-likeness (QED) is 0.853. The Bertz CT molecular complexity index is 778. The van der Waals surface area contributed by atoms with Crippen molar-refractivity contribution in [3.63, 3.8) is 0 Å². The van der Waals surface area contributed by atoms with Gasteiger partial charge in [0.2, 0.25) is 11.9 Å². The first-order chi connectivity index (χ1) is 13.3. The van der Waals surface area contributed by atoms with Crippen molar-refractivity contribution in [3.05, 3.63) is 36.7 Å². The number of hydrogen-bond donors (Lipinski definition) is 1. The number of nitrogens with one attached hydrogen (secondary N) is 1. The van der Waals surface area contributed by atoms with Crippen LogP contribution in [0.3, 0.4) is 0 Å². The van der Waals surface area contributed by atoms with Crippen molar-refractivity contribution in [1.29, 1.82) is 0 Å². The number of piperazine rings is 1. The van der Waals surface area contributed by atoms with Gasteiger partial charge in [-0.15, -0.1) is 0 Å². The van der Waals surface area contributed by atoms with E-state index in [1.807, 2.05) is 24.3 Å². The van der Waals surface area contributed by atoms with Crippen LogP contribution < -0.4 is 19.7 Å². The second kappa shape index (κ2) is 8.22. The summed E-state index contributed by atoms with van der Waals surface area (Å²) >= 11 is 0. The van der Waals surface area contributed by atoms with Crippen LogP contribution in [0.2, 0.25) is 0 Å². The van der Waals surface area contributed by atoms with Crippen molar-refractivity contribution in [3.8, 4) is 11.5 Å². The Hall–Kier alpha value is -2.87. The Morgan fingerprint density at radius 1 is 1.04 bits per heavy atom. The lowest BCUT2D eigenvalue weighted by Crippen LogP contribution is -2.47. The molecule has 0 atom stereocenters. The summed E-state index contributed by atoms with van der Waals surface area (Å²) in [6.45, 7) is 5.36. The molecule has 0 spiro atoms. The molecule has 4 rings (SSSR count). The molecule has 0 aliphatic carbocycles. The van der Waals surface area contributed by atoms with E-state index in [0.29, 0.717) is 25.4 Å². The fourth-order valence-electron chi connectivity index (χ4n) is 3.23. The molecule has 1 N–H and O–H groups in total. The predicted molar refractivity (Wildman–Crippen MR) is 101 cm³/mol. The van der Waals surface area contributed by atoms with Crippen LogP contribution in [0.5, 0.6) is 11.5 Å². The van der Waals surface area contributed by atoms with E-state index in [0.717, 1.165) is 50.1 Å². The molecule has 27 heavy (non-hydrogen) atoms. The van der Waals surface area contributed by atoms with E-state index in [2.05, 4.69) is 25.1 Å². The van der Waals surface area contributed by atoms with Gasteiger partial charge in [0.25, 0.3) is 0 Å². The normalized spacial score (nSPS) is 16.8. The van der Waals surface area contributed by atoms with Crippen molar-refractivity contribution in [2.75, 3.05) is 56.2 Å². The Morgan fingerprint density at radius 2 is 1.78 bits per heavy atom. The molecule has 1 aromatic carbocycles. The van der Waals surface area contributed by atoms with Gasteiger partial charge in [-0.3, -0.25) is 9.69 Å². The summed E-state index contributed by atoms with van der Waals surface area (Å²) in [6.07, 6.45) is 3.98. The Balaban J connectivity index is 1.22. The van der Waals surface area contributed by atoms with Gasteiger partial charge < -0.3 is 19.7 Å². The third-order valence-electron chi connectivity index (χ3n) is 4.69. The van der Waals surface area contributed by atoms with Crippen LogP contribution in [-0.2, 0) is 4.79 Å². The van der Waals surface area contributed by atoms with E-state index >= 15 is 0 Å². The summed E-state index contributed by atoms with van der Waals surface area (Å²) in [6, 6.07) is 7.30. The maximum Gasteiger partial charge on any atom is 0.225 e. The number of aromatic nitrogens is 2. The molecule has 2 aliphatic heterocycles. The zero-order valence-electron chi connectivity index (χ0n) is 15.1. The van der Waals surface area contributed by atoms with Crippen LogP contribution in [-0.4, -0.2) is 66.7 Å². The van der Waals surface area contributed by atoms with Gasteiger partial charge in [-0.05, 0) is 18.2 Å². The number of ether oxygens (including phenoxy) is 2. The number of anilines is 2. The lowest BCUT2D eigenvalue weighted by Gasteiger charge is -2.34. The maximum atomic E-state index is 12.3. The predicted octanol–water partition coefficient (Wildman–Crippen LogP) is 1.40. The minimum absolute atomic E-state index is 0.000463. The Kier molecular flexibility index (Phi) is 5.34. The standard InChI is InChI=1S/C19H23N5O3/c25-18(22-15-2-3-16-17(14-15)27-13-12-26-16)4-7-23-8-10-24(11-9-23)19-20-5-1-6-21-19/h1-3,5-6,14H,4,7-13H2,(H,22,25). The monoisotopic (exact) mass is 369 g/mol. The van der Waals surface area contributed by atoms with Crippen LogP contribution in [0.25, 0.3) is 0 Å². The molecule has 0 bridgehead atoms. The van der Waals surface area contributed by atoms with Crippen LogP contribution in [0.15, 0.2) is 36.7 Å². The van der Waals surface area contributed by atoms with Crippen LogP contribution in [0, 0.1) is 0 Å². The second-order valence-electron chi connectivity index (χ2n) is 6.53. The Morgan fingerprint density at radius 3 is 2.56 bits per heavy atom. The molecule has 0 saturated carbocycles. The first-order valence-corrected chi connectivity index (χ1v) is 9.22. The van der Waals surface area contributed by atoms with Crippen LogP contribution >= 0.6 is 0 Å². The molecular weight excluding hydrogens is 346 g/mol. The summed E-state index contributed by atoms with van der Waals surface area (Å²) in [5, 5.41) is 2.93. The highest BCUT2D eigenvalue weighted by molar-refractivity contribution is 5.91. The van der Waals surface area contributed by atoms with E-state index in [-0.39, 0.29) is 5.91 Å². The zero-order chi connectivity index (χ0) is 18.5. The van der Waals surface area contributed by atoms with Gasteiger partial charge in [-0.25, -0.2) is 9.97 Å². The highest BCUT2D eigenvalue weighted by Gasteiger charge is 2.19. The number of benzene rings is 1. The zero-order valence-corrected chi connectivity index (χ0v) is 15.1. The van der Waals surface area contributed by atoms with E-state index in [9.17, 15) is 4.79 Å². The van der Waals surface area contributed by atoms with Crippen LogP contribution in [0.4, 0.5) is 11.6 Å². The lowest BCUT2D eigenvalue weighted by atomic mass is 10.2. The summed E-state index contributed by atoms with van der Waals surface area (Å²) in [4.78, 5) is 25.3. The molecule has 8 heteroatoms. The van der Waals surface area contributed by atoms with Gasteiger partial charge in [0.1, 0.15) is 13.2 Å². The summed E-state index contributed by atoms with van der Waals surface area (Å²) in [5.41, 5.74) is 0.732. The first-order valence-electron chi connectivity index (χ1n) is 9.22. The molecule has 0 radical (unpaired) electrons. The second-order valence-corrected chi connectivity index (χ2v) is 6.53. The number of fused-ring (bicyclic) bond motifs is 1. The molecule has 3 heterocycles. The third-order valence-corrected chi connectivity index (χ3v) is 4.69. The highest BCUT2D eigenvalue weighted by Crippen LogP contribution is 2.32. The van der Waals surface area contributed by atoms with Crippen molar-refractivity contribution >= 4 is 17.5 Å². The van der Waals surface area contributed by atoms with Gasteiger partial charge >= 0.3 is 0 Å². The minimum atomic E-state index is 0.000463. The molecule has 1 amide bonds. The van der Waals surface area contributed by atoms with Crippen molar-refractivity contribution in [2.45, 2.75) is 6.42 Å². The first kappa shape index (κ1) is 17.5. The fraction of sp³-hybridized carbons (Fsp3) is 0.421. The number of carbonyl (C=O) groups excluding carboxylic acids is 1. The molecule has 1 aromatic heterocycles. The van der Waals surface area contributed by atoms with Gasteiger partial charge in [0, 0.05) is 63.3 Å². The van der Waals surface area contributed by atoms with Gasteiger partial charge in [0.15, 0.2) is 11.5 Å². The van der Waals surface area contributed by atoms with Crippen molar-refractivity contribution < 1.29 is 14.3 Å². The lowest BCUT2D eigenvalue weighted by molar-refractivity contribution is -0.116. The van der Waals surface area contributed by atoms with E-state index in [1.54, 1.807) is 12.4 Å². The molecule has 2 aliphatic rings. The minimum Gasteiger partial charge on any atom is -0.486 e. The average Bonchev–Trinajstić information content (AvgIpc) is 2.73. The number of nitrogens with zero attached hydrogens (tertiary/aromatic N) is 4. The van der Waals surface area contributed by atoms with E-state index in [1.165, 1.54) is 0 Å². The van der Waals surface area contributed by atoms with Crippen LogP contribution in [0.1, 0.15) is 6.42 Å². The summed E-state index contributed by atoms with van der Waals surface area (Å²) in [5.74, 6) is 2.17. The van der Waals surface area contributed by atoms with Gasteiger partial charge in [-0.1, -0.05) is 0 Å². The smallest absolute Gasteiger partial charge is 0.225 e. The average molecular weight is 369 g/mol. The topological polar surface area (TPSA) is 79.8 Å². The molecule has 2 aromatic rings. The summed E-state index contributed by atoms with van der Waals surface area (Å²) in [7, 11) is 0. The van der Waals surface area contributed by atoms with Gasteiger partial charge in [-0.2, -0.15) is 0 Å². The van der Waals surface area contributed by atoms with E-state index in [4.69, 9.17) is 9.47 Å². The third kappa shape index (κ3) is 4.46.